The Morgan fingerprint density at radius 1 is 1.55 bits per heavy atom. The van der Waals surface area contributed by atoms with Crippen molar-refractivity contribution in [1.82, 2.24) is 0 Å². The molecule has 0 bridgehead atoms. The van der Waals surface area contributed by atoms with Crippen LogP contribution in [0, 0.1) is 0 Å². The van der Waals surface area contributed by atoms with Crippen molar-refractivity contribution in [3.05, 3.63) is 0 Å². The first-order chi connectivity index (χ1) is 4.87. The minimum atomic E-state index is -2.70. The maximum Gasteiger partial charge on any atom is 0.277 e. The lowest BCUT2D eigenvalue weighted by atomic mass is 10.3. The third-order valence-electron chi connectivity index (χ3n) is 1.21. The second-order valence-electron chi connectivity index (χ2n) is 3.16. The smallest absolute Gasteiger partial charge is 0.277 e. The maximum absolute atomic E-state index is 11.8. The van der Waals surface area contributed by atoms with Gasteiger partial charge in [-0.1, -0.05) is 20.8 Å². The van der Waals surface area contributed by atoms with Crippen molar-refractivity contribution >= 4 is 27.8 Å². The van der Waals surface area contributed by atoms with E-state index in [1.54, 1.807) is 0 Å². The van der Waals surface area contributed by atoms with E-state index < -0.39 is 6.57 Å². The average molecular weight is 217 g/mol. The zero-order valence-corrected chi connectivity index (χ0v) is 9.72. The Kier molecular flexibility index (Phi) is 4.49. The highest BCUT2D eigenvalue weighted by Crippen LogP contribution is 2.70. The van der Waals surface area contributed by atoms with E-state index in [1.807, 2.05) is 27.7 Å². The highest BCUT2D eigenvalue weighted by atomic mass is 35.7. The van der Waals surface area contributed by atoms with Crippen LogP contribution >= 0.6 is 27.8 Å². The summed E-state index contributed by atoms with van der Waals surface area (Å²) >= 11 is 0. The van der Waals surface area contributed by atoms with Crippen LogP contribution in [0.5, 0.6) is 0 Å². The largest absolute Gasteiger partial charge is 0.320 e. The van der Waals surface area contributed by atoms with E-state index in [-0.39, 0.29) is 5.16 Å². The fraction of sp³-hybridized carbons (Fsp3) is 1.00. The van der Waals surface area contributed by atoms with Crippen molar-refractivity contribution in [1.29, 1.82) is 0 Å². The zero-order chi connectivity index (χ0) is 9.12. The van der Waals surface area contributed by atoms with Crippen molar-refractivity contribution in [2.24, 2.45) is 0 Å². The molecule has 68 valence electrons. The van der Waals surface area contributed by atoms with Gasteiger partial charge in [-0.15, -0.1) is 0 Å². The van der Waals surface area contributed by atoms with E-state index in [9.17, 15) is 4.57 Å². The molecule has 11 heavy (non-hydrogen) atoms. The fourth-order valence-electron chi connectivity index (χ4n) is 0.487. The van der Waals surface area contributed by atoms with Gasteiger partial charge in [0.25, 0.3) is 6.57 Å². The molecule has 0 rings (SSSR count). The Bertz CT molecular complexity index is 166. The van der Waals surface area contributed by atoms with Gasteiger partial charge in [-0.2, -0.15) is 0 Å². The molecule has 2 nitrogen and oxygen atoms in total. The lowest BCUT2D eigenvalue weighted by Gasteiger charge is -2.26. The van der Waals surface area contributed by atoms with Gasteiger partial charge >= 0.3 is 0 Å². The van der Waals surface area contributed by atoms with Crippen LogP contribution in [0.2, 0.25) is 0 Å². The summed E-state index contributed by atoms with van der Waals surface area (Å²) in [5, 5.41) is -0.380. The summed E-state index contributed by atoms with van der Waals surface area (Å²) in [6, 6.07) is 0. The van der Waals surface area contributed by atoms with Crippen LogP contribution in [0.25, 0.3) is 0 Å². The number of hydrogen-bond acceptors (Lipinski definition) is 3. The van der Waals surface area contributed by atoms with Crippen LogP contribution in [0.15, 0.2) is 0 Å². The topological polar surface area (TPSA) is 26.3 Å². The van der Waals surface area contributed by atoms with Gasteiger partial charge < -0.3 is 4.52 Å². The molecule has 0 spiro atoms. The van der Waals surface area contributed by atoms with Crippen molar-refractivity contribution in [2.45, 2.75) is 32.9 Å². The molecule has 0 aromatic heterocycles. The predicted molar refractivity (Wildman–Crippen MR) is 52.4 cm³/mol. The number of hydrogen-bond donors (Lipinski definition) is 0. The second kappa shape index (κ2) is 4.18. The highest BCUT2D eigenvalue weighted by molar-refractivity contribution is 8.67. The Morgan fingerprint density at radius 2 is 2.00 bits per heavy atom. The molecule has 0 aromatic carbocycles. The average Bonchev–Trinajstić information content (AvgIpc) is 1.86. The van der Waals surface area contributed by atoms with Gasteiger partial charge in [-0.3, -0.25) is 4.57 Å². The summed E-state index contributed by atoms with van der Waals surface area (Å²) in [5.41, 5.74) is 0. The molecule has 0 aliphatic carbocycles. The summed E-state index contributed by atoms with van der Waals surface area (Å²) in [7, 11) is 6.31. The van der Waals surface area contributed by atoms with Crippen LogP contribution in [0.4, 0.5) is 0 Å². The van der Waals surface area contributed by atoms with Crippen molar-refractivity contribution in [3.63, 3.8) is 0 Å². The molecule has 0 heterocycles. The Balaban J connectivity index is 4.48. The van der Waals surface area contributed by atoms with Crippen LogP contribution < -0.4 is 0 Å². The summed E-state index contributed by atoms with van der Waals surface area (Å²) in [6.07, 6.45) is 0. The molecule has 0 N–H and O–H groups in total. The van der Waals surface area contributed by atoms with Gasteiger partial charge in [0.15, 0.2) is 0 Å². The number of rotatable bonds is 3. The minimum absolute atomic E-state index is 0.380. The van der Waals surface area contributed by atoms with Gasteiger partial charge in [-0.25, -0.2) is 0 Å². The van der Waals surface area contributed by atoms with E-state index in [0.29, 0.717) is 6.61 Å². The van der Waals surface area contributed by atoms with Crippen molar-refractivity contribution < 1.29 is 9.09 Å². The summed E-state index contributed by atoms with van der Waals surface area (Å²) in [4.78, 5) is 0. The van der Waals surface area contributed by atoms with Crippen molar-refractivity contribution in [2.75, 3.05) is 6.61 Å². The third-order valence-corrected chi connectivity index (χ3v) is 7.77. The molecule has 0 radical (unpaired) electrons. The van der Waals surface area contributed by atoms with E-state index in [1.165, 1.54) is 0 Å². The van der Waals surface area contributed by atoms with Crippen LogP contribution in [-0.2, 0) is 9.09 Å². The second-order valence-corrected chi connectivity index (χ2v) is 8.99. The van der Waals surface area contributed by atoms with E-state index in [4.69, 9.17) is 15.2 Å². The standard InChI is InChI=1S/C6H14ClO2PS/c1-5-9-10(8,11-7)6(2,3)4/h5H2,1-4H3. The zero-order valence-electron chi connectivity index (χ0n) is 7.26. The molecule has 0 aromatic rings. The number of halogens is 1. The van der Waals surface area contributed by atoms with Gasteiger partial charge in [0.2, 0.25) is 0 Å². The first-order valence-corrected chi connectivity index (χ1v) is 7.29. The minimum Gasteiger partial charge on any atom is -0.320 e. The molecule has 0 saturated heterocycles. The normalized spacial score (nSPS) is 17.9. The van der Waals surface area contributed by atoms with Crippen molar-refractivity contribution in [3.8, 4) is 0 Å². The Morgan fingerprint density at radius 3 is 2.09 bits per heavy atom. The van der Waals surface area contributed by atoms with Gasteiger partial charge in [0, 0.05) is 15.8 Å². The molecular weight excluding hydrogens is 203 g/mol. The maximum atomic E-state index is 11.8. The first kappa shape index (κ1) is 11.8. The summed E-state index contributed by atoms with van der Waals surface area (Å²) in [5.74, 6) is 0. The summed E-state index contributed by atoms with van der Waals surface area (Å²) < 4.78 is 16.9. The molecule has 0 aliphatic heterocycles. The van der Waals surface area contributed by atoms with Gasteiger partial charge in [0.05, 0.1) is 6.61 Å². The molecule has 0 amide bonds. The van der Waals surface area contributed by atoms with Crippen LogP contribution in [0.1, 0.15) is 27.7 Å². The highest BCUT2D eigenvalue weighted by Gasteiger charge is 2.38. The van der Waals surface area contributed by atoms with E-state index >= 15 is 0 Å². The van der Waals surface area contributed by atoms with Crippen LogP contribution in [0.3, 0.4) is 0 Å². The molecule has 1 atom stereocenters. The summed E-state index contributed by atoms with van der Waals surface area (Å²) in [6.45, 7) is 5.13. The lowest BCUT2D eigenvalue weighted by molar-refractivity contribution is 0.331. The molecule has 5 heteroatoms. The predicted octanol–water partition coefficient (Wildman–Crippen LogP) is 3.90. The first-order valence-electron chi connectivity index (χ1n) is 3.42. The third kappa shape index (κ3) is 2.98. The molecule has 0 fully saturated rings. The van der Waals surface area contributed by atoms with E-state index in [0.717, 1.165) is 10.6 Å². The Hall–Kier alpha value is 0.830. The molecule has 0 saturated carbocycles. The molecular formula is C6H14ClO2PS. The SMILES string of the molecule is CCOP(=O)(SCl)C(C)(C)C. The van der Waals surface area contributed by atoms with E-state index in [2.05, 4.69) is 0 Å². The monoisotopic (exact) mass is 216 g/mol. The Labute approximate surface area is 76.7 Å². The van der Waals surface area contributed by atoms with Gasteiger partial charge in [0.1, 0.15) is 0 Å². The fourth-order valence-corrected chi connectivity index (χ4v) is 4.74. The lowest BCUT2D eigenvalue weighted by Crippen LogP contribution is -2.14. The quantitative estimate of drug-likeness (QED) is 0.670. The molecule has 0 aliphatic rings. The van der Waals surface area contributed by atoms with Gasteiger partial charge in [-0.05, 0) is 17.6 Å². The molecule has 1 unspecified atom stereocenters. The van der Waals surface area contributed by atoms with Crippen LogP contribution in [-0.4, -0.2) is 11.8 Å².